The lowest BCUT2D eigenvalue weighted by atomic mass is 10.1. The fourth-order valence-corrected chi connectivity index (χ4v) is 2.04. The molecule has 0 unspecified atom stereocenters. The summed E-state index contributed by atoms with van der Waals surface area (Å²) in [6, 6.07) is 0. The van der Waals surface area contributed by atoms with Crippen molar-refractivity contribution >= 4 is 0 Å². The second-order valence-electron chi connectivity index (χ2n) is 6.37. The number of unbranched alkanes of at least 4 members (excludes halogenated alkanes) is 9. The highest BCUT2D eigenvalue weighted by molar-refractivity contribution is 4.63. The third kappa shape index (κ3) is 11.4. The molecule has 0 saturated heterocycles. The molecule has 0 fully saturated rings. The molecule has 0 bridgehead atoms. The van der Waals surface area contributed by atoms with Gasteiger partial charge in [0.2, 0.25) is 0 Å². The van der Waals surface area contributed by atoms with E-state index in [2.05, 4.69) is 39.8 Å². The van der Waals surface area contributed by atoms with Crippen LogP contribution >= 0.6 is 0 Å². The molecule has 0 heterocycles. The summed E-state index contributed by atoms with van der Waals surface area (Å²) >= 11 is 0. The van der Waals surface area contributed by atoms with E-state index in [4.69, 9.17) is 4.74 Å². The fourth-order valence-electron chi connectivity index (χ4n) is 2.04. The first kappa shape index (κ1) is 18.9. The highest BCUT2D eigenvalue weighted by atomic mass is 16.5. The van der Waals surface area contributed by atoms with Gasteiger partial charge in [-0.25, -0.2) is 0 Å². The van der Waals surface area contributed by atoms with Crippen LogP contribution in [0.4, 0.5) is 0 Å². The Balaban J connectivity index is 3.19. The molecule has 0 aromatic carbocycles. The zero-order valence-electron chi connectivity index (χ0n) is 14.1. The van der Waals surface area contributed by atoms with Gasteiger partial charge in [0, 0.05) is 6.61 Å². The van der Waals surface area contributed by atoms with Crippen LogP contribution in [0.1, 0.15) is 85.0 Å². The summed E-state index contributed by atoms with van der Waals surface area (Å²) in [7, 11) is 4.14. The third-order valence-corrected chi connectivity index (χ3v) is 4.03. The molecule has 0 radical (unpaired) electrons. The molecule has 116 valence electrons. The van der Waals surface area contributed by atoms with Crippen LogP contribution in [0.25, 0.3) is 0 Å². The van der Waals surface area contributed by atoms with Gasteiger partial charge in [-0.2, -0.15) is 0 Å². The molecule has 0 atom stereocenters. The number of hydrogen-bond acceptors (Lipinski definition) is 2. The zero-order valence-corrected chi connectivity index (χ0v) is 14.1. The predicted molar refractivity (Wildman–Crippen MR) is 85.6 cm³/mol. The molecule has 0 amide bonds. The van der Waals surface area contributed by atoms with E-state index < -0.39 is 0 Å². The van der Waals surface area contributed by atoms with Crippen molar-refractivity contribution in [2.45, 2.75) is 90.7 Å². The Kier molecular flexibility index (Phi) is 11.7. The normalized spacial score (nSPS) is 12.3. The van der Waals surface area contributed by atoms with Crippen molar-refractivity contribution in [3.8, 4) is 0 Å². The standard InChI is InChI=1S/C17H37NO/c1-6-7-8-9-10-11-12-13-14-15-16-19-17(2,3)18(4)5/h6-16H2,1-5H3. The van der Waals surface area contributed by atoms with Crippen LogP contribution in [0.2, 0.25) is 0 Å². The summed E-state index contributed by atoms with van der Waals surface area (Å²) < 4.78 is 5.89. The Morgan fingerprint density at radius 1 is 0.737 bits per heavy atom. The van der Waals surface area contributed by atoms with Gasteiger partial charge in [0.1, 0.15) is 5.72 Å². The quantitative estimate of drug-likeness (QED) is 0.336. The maximum atomic E-state index is 5.89. The van der Waals surface area contributed by atoms with Gasteiger partial charge < -0.3 is 4.74 Å². The lowest BCUT2D eigenvalue weighted by Crippen LogP contribution is -2.41. The van der Waals surface area contributed by atoms with Gasteiger partial charge in [-0.1, -0.05) is 64.7 Å². The van der Waals surface area contributed by atoms with Crippen LogP contribution in [-0.4, -0.2) is 31.3 Å². The second kappa shape index (κ2) is 11.7. The summed E-state index contributed by atoms with van der Waals surface area (Å²) in [6.07, 6.45) is 13.8. The molecule has 0 aliphatic rings. The SMILES string of the molecule is CCCCCCCCCCCCOC(C)(C)N(C)C. The van der Waals surface area contributed by atoms with Crippen LogP contribution in [0.3, 0.4) is 0 Å². The summed E-state index contributed by atoms with van der Waals surface area (Å²) in [5, 5.41) is 0. The number of nitrogens with zero attached hydrogens (tertiary/aromatic N) is 1. The van der Waals surface area contributed by atoms with Gasteiger partial charge in [-0.3, -0.25) is 4.90 Å². The van der Waals surface area contributed by atoms with Crippen LogP contribution in [0.5, 0.6) is 0 Å². The molecule has 2 nitrogen and oxygen atoms in total. The molecule has 0 aliphatic carbocycles. The summed E-state index contributed by atoms with van der Waals surface area (Å²) in [6.45, 7) is 7.42. The van der Waals surface area contributed by atoms with Gasteiger partial charge in [-0.05, 0) is 34.4 Å². The first-order chi connectivity index (χ1) is 9.00. The van der Waals surface area contributed by atoms with E-state index in [1.165, 1.54) is 64.2 Å². The molecule has 0 aromatic rings. The van der Waals surface area contributed by atoms with Crippen LogP contribution in [0, 0.1) is 0 Å². The Hall–Kier alpha value is -0.0800. The minimum Gasteiger partial charge on any atom is -0.361 e. The maximum Gasteiger partial charge on any atom is 0.115 e. The van der Waals surface area contributed by atoms with Crippen molar-refractivity contribution < 1.29 is 4.74 Å². The Bertz CT molecular complexity index is 190. The highest BCUT2D eigenvalue weighted by Gasteiger charge is 2.19. The van der Waals surface area contributed by atoms with Crippen molar-refractivity contribution in [2.75, 3.05) is 20.7 Å². The van der Waals surface area contributed by atoms with Gasteiger partial charge in [0.25, 0.3) is 0 Å². The molecule has 2 heteroatoms. The van der Waals surface area contributed by atoms with Gasteiger partial charge in [-0.15, -0.1) is 0 Å². The number of ether oxygens (including phenoxy) is 1. The first-order valence-electron chi connectivity index (χ1n) is 8.32. The molecular formula is C17H37NO. The Morgan fingerprint density at radius 3 is 1.58 bits per heavy atom. The van der Waals surface area contributed by atoms with Crippen LogP contribution in [0.15, 0.2) is 0 Å². The number of hydrogen-bond donors (Lipinski definition) is 0. The van der Waals surface area contributed by atoms with Crippen LogP contribution in [-0.2, 0) is 4.74 Å². The monoisotopic (exact) mass is 271 g/mol. The first-order valence-corrected chi connectivity index (χ1v) is 8.32. The van der Waals surface area contributed by atoms with Gasteiger partial charge in [0.15, 0.2) is 0 Å². The average molecular weight is 271 g/mol. The van der Waals surface area contributed by atoms with E-state index in [1.54, 1.807) is 0 Å². The van der Waals surface area contributed by atoms with Crippen molar-refractivity contribution in [1.82, 2.24) is 4.90 Å². The second-order valence-corrected chi connectivity index (χ2v) is 6.37. The highest BCUT2D eigenvalue weighted by Crippen LogP contribution is 2.14. The van der Waals surface area contributed by atoms with E-state index >= 15 is 0 Å². The molecule has 0 rings (SSSR count). The zero-order chi connectivity index (χ0) is 14.6. The maximum absolute atomic E-state index is 5.89. The molecule has 0 N–H and O–H groups in total. The summed E-state index contributed by atoms with van der Waals surface area (Å²) in [5.74, 6) is 0. The van der Waals surface area contributed by atoms with Gasteiger partial charge in [0.05, 0.1) is 0 Å². The summed E-state index contributed by atoms with van der Waals surface area (Å²) in [5.41, 5.74) is -0.126. The third-order valence-electron chi connectivity index (χ3n) is 4.03. The van der Waals surface area contributed by atoms with Gasteiger partial charge >= 0.3 is 0 Å². The minimum absolute atomic E-state index is 0.126. The molecule has 19 heavy (non-hydrogen) atoms. The van der Waals surface area contributed by atoms with E-state index in [0.717, 1.165) is 6.61 Å². The van der Waals surface area contributed by atoms with E-state index in [-0.39, 0.29) is 5.72 Å². The summed E-state index contributed by atoms with van der Waals surface area (Å²) in [4.78, 5) is 2.13. The van der Waals surface area contributed by atoms with Crippen LogP contribution < -0.4 is 0 Å². The molecular weight excluding hydrogens is 234 g/mol. The minimum atomic E-state index is -0.126. The lowest BCUT2D eigenvalue weighted by Gasteiger charge is -2.32. The average Bonchev–Trinajstić information content (AvgIpc) is 2.35. The van der Waals surface area contributed by atoms with Crippen molar-refractivity contribution in [2.24, 2.45) is 0 Å². The van der Waals surface area contributed by atoms with Crippen molar-refractivity contribution in [1.29, 1.82) is 0 Å². The number of rotatable bonds is 13. The Morgan fingerprint density at radius 2 is 1.16 bits per heavy atom. The van der Waals surface area contributed by atoms with Crippen molar-refractivity contribution in [3.63, 3.8) is 0 Å². The Labute approximate surface area is 121 Å². The van der Waals surface area contributed by atoms with E-state index in [9.17, 15) is 0 Å². The van der Waals surface area contributed by atoms with E-state index in [1.807, 2.05) is 0 Å². The molecule has 0 saturated carbocycles. The lowest BCUT2D eigenvalue weighted by molar-refractivity contribution is -0.111. The predicted octanol–water partition coefficient (Wildman–Crippen LogP) is 5.22. The smallest absolute Gasteiger partial charge is 0.115 e. The van der Waals surface area contributed by atoms with Crippen molar-refractivity contribution in [3.05, 3.63) is 0 Å². The molecule has 0 aromatic heterocycles. The fraction of sp³-hybridized carbons (Fsp3) is 1.00. The topological polar surface area (TPSA) is 12.5 Å². The van der Waals surface area contributed by atoms with E-state index in [0.29, 0.717) is 0 Å². The largest absolute Gasteiger partial charge is 0.361 e. The molecule has 0 aliphatic heterocycles. The molecule has 0 spiro atoms.